The van der Waals surface area contributed by atoms with Crippen LogP contribution < -0.4 is 16.0 Å². The molecule has 1 amide bonds. The predicted octanol–water partition coefficient (Wildman–Crippen LogP) is 2.27. The molecule has 1 aromatic rings. The number of carbonyl (C=O) groups excluding carboxylic acids is 1. The lowest BCUT2D eigenvalue weighted by Gasteiger charge is -2.35. The molecule has 1 aliphatic rings. The van der Waals surface area contributed by atoms with Gasteiger partial charge in [0.15, 0.2) is 5.96 Å². The Hall–Kier alpha value is -2.12. The first-order valence-corrected chi connectivity index (χ1v) is 10.9. The zero-order valence-electron chi connectivity index (χ0n) is 19.4. The van der Waals surface area contributed by atoms with Gasteiger partial charge in [0, 0.05) is 31.7 Å². The van der Waals surface area contributed by atoms with Crippen LogP contribution in [-0.2, 0) is 22.6 Å². The molecular formula is C23H39N5O2. The molecule has 1 aliphatic heterocycles. The summed E-state index contributed by atoms with van der Waals surface area (Å²) in [5.74, 6) is 0.589. The molecule has 30 heavy (non-hydrogen) atoms. The maximum Gasteiger partial charge on any atom is 0.239 e. The number of ether oxygens (including phenoxy) is 1. The number of nitrogens with one attached hydrogen (secondary N) is 3. The summed E-state index contributed by atoms with van der Waals surface area (Å²) in [5, 5.41) is 9.22. The summed E-state index contributed by atoms with van der Waals surface area (Å²) in [7, 11) is 0. The second-order valence-electron chi connectivity index (χ2n) is 9.11. The van der Waals surface area contributed by atoms with E-state index in [4.69, 9.17) is 4.74 Å². The van der Waals surface area contributed by atoms with Crippen molar-refractivity contribution in [2.45, 2.75) is 72.4 Å². The van der Waals surface area contributed by atoms with Gasteiger partial charge in [-0.15, -0.1) is 0 Å². The number of amides is 1. The summed E-state index contributed by atoms with van der Waals surface area (Å²) in [6, 6.07) is 8.60. The number of nitrogens with zero attached hydrogens (tertiary/aromatic N) is 2. The molecule has 0 radical (unpaired) electrons. The summed E-state index contributed by atoms with van der Waals surface area (Å²) in [4.78, 5) is 19.1. The maximum atomic E-state index is 12.0. The van der Waals surface area contributed by atoms with Crippen molar-refractivity contribution in [1.29, 1.82) is 0 Å². The molecule has 1 fully saturated rings. The molecule has 1 saturated heterocycles. The fourth-order valence-corrected chi connectivity index (χ4v) is 3.56. The third-order valence-corrected chi connectivity index (χ3v) is 4.62. The fraction of sp³-hybridized carbons (Fsp3) is 0.652. The maximum absolute atomic E-state index is 12.0. The van der Waals surface area contributed by atoms with E-state index < -0.39 is 0 Å². The first-order valence-electron chi connectivity index (χ1n) is 10.9. The molecule has 168 valence electrons. The largest absolute Gasteiger partial charge is 0.373 e. The monoisotopic (exact) mass is 417 g/mol. The van der Waals surface area contributed by atoms with E-state index in [1.165, 1.54) is 5.56 Å². The molecular weight excluding hydrogens is 378 g/mol. The van der Waals surface area contributed by atoms with E-state index in [9.17, 15) is 4.79 Å². The van der Waals surface area contributed by atoms with Gasteiger partial charge in [-0.25, -0.2) is 4.99 Å². The van der Waals surface area contributed by atoms with Crippen LogP contribution in [0, 0.1) is 0 Å². The summed E-state index contributed by atoms with van der Waals surface area (Å²) in [6.45, 7) is 16.5. The van der Waals surface area contributed by atoms with Gasteiger partial charge in [0.1, 0.15) is 0 Å². The van der Waals surface area contributed by atoms with E-state index in [-0.39, 0.29) is 30.2 Å². The van der Waals surface area contributed by atoms with Crippen LogP contribution in [0.1, 0.15) is 52.7 Å². The van der Waals surface area contributed by atoms with E-state index in [0.29, 0.717) is 12.5 Å². The Labute approximate surface area is 181 Å². The highest BCUT2D eigenvalue weighted by Gasteiger charge is 2.21. The number of guanidine groups is 1. The van der Waals surface area contributed by atoms with Crippen molar-refractivity contribution in [2.24, 2.45) is 4.99 Å². The Kier molecular flexibility index (Phi) is 9.11. The third-order valence-electron chi connectivity index (χ3n) is 4.62. The normalized spacial score (nSPS) is 20.7. The first kappa shape index (κ1) is 24.2. The smallest absolute Gasteiger partial charge is 0.239 e. The van der Waals surface area contributed by atoms with Crippen LogP contribution in [0.4, 0.5) is 0 Å². The minimum atomic E-state index is -0.243. The van der Waals surface area contributed by atoms with Crippen molar-refractivity contribution < 1.29 is 9.53 Å². The minimum absolute atomic E-state index is 0.0517. The minimum Gasteiger partial charge on any atom is -0.373 e. The van der Waals surface area contributed by atoms with Gasteiger partial charge < -0.3 is 20.7 Å². The Bertz CT molecular complexity index is 687. The Morgan fingerprint density at radius 2 is 1.70 bits per heavy atom. The highest BCUT2D eigenvalue weighted by molar-refractivity contribution is 5.86. The molecule has 0 aromatic heterocycles. The molecule has 7 nitrogen and oxygen atoms in total. The zero-order valence-corrected chi connectivity index (χ0v) is 19.4. The van der Waals surface area contributed by atoms with Crippen molar-refractivity contribution >= 4 is 11.9 Å². The molecule has 2 unspecified atom stereocenters. The Balaban J connectivity index is 1.87. The Morgan fingerprint density at radius 1 is 1.10 bits per heavy atom. The van der Waals surface area contributed by atoms with E-state index in [0.717, 1.165) is 31.7 Å². The predicted molar refractivity (Wildman–Crippen MR) is 122 cm³/mol. The molecule has 0 bridgehead atoms. The fourth-order valence-electron chi connectivity index (χ4n) is 3.56. The van der Waals surface area contributed by atoms with E-state index in [1.54, 1.807) is 0 Å². The van der Waals surface area contributed by atoms with Gasteiger partial charge in [0.05, 0.1) is 25.3 Å². The molecule has 2 rings (SSSR count). The van der Waals surface area contributed by atoms with Crippen LogP contribution in [0.15, 0.2) is 29.3 Å². The highest BCUT2D eigenvalue weighted by atomic mass is 16.5. The van der Waals surface area contributed by atoms with Crippen LogP contribution in [-0.4, -0.2) is 60.7 Å². The van der Waals surface area contributed by atoms with Crippen molar-refractivity contribution in [3.8, 4) is 0 Å². The lowest BCUT2D eigenvalue weighted by atomic mass is 10.1. The summed E-state index contributed by atoms with van der Waals surface area (Å²) in [5.41, 5.74) is 2.19. The molecule has 2 atom stereocenters. The van der Waals surface area contributed by atoms with Crippen molar-refractivity contribution in [2.75, 3.05) is 26.2 Å². The van der Waals surface area contributed by atoms with Crippen LogP contribution in [0.2, 0.25) is 0 Å². The van der Waals surface area contributed by atoms with Crippen molar-refractivity contribution in [3.63, 3.8) is 0 Å². The average molecular weight is 418 g/mol. The molecule has 1 heterocycles. The van der Waals surface area contributed by atoms with Gasteiger partial charge in [0.2, 0.25) is 5.91 Å². The van der Waals surface area contributed by atoms with Gasteiger partial charge in [-0.05, 0) is 52.7 Å². The zero-order chi connectivity index (χ0) is 22.1. The van der Waals surface area contributed by atoms with Crippen molar-refractivity contribution in [3.05, 3.63) is 35.4 Å². The number of carbonyl (C=O) groups is 1. The van der Waals surface area contributed by atoms with E-state index in [2.05, 4.69) is 64.0 Å². The van der Waals surface area contributed by atoms with Gasteiger partial charge in [-0.2, -0.15) is 0 Å². The second kappa shape index (κ2) is 11.3. The summed E-state index contributed by atoms with van der Waals surface area (Å²) in [6.07, 6.45) is 0.564. The number of benzene rings is 1. The molecule has 3 N–H and O–H groups in total. The molecule has 1 aromatic carbocycles. The number of morpholine rings is 1. The van der Waals surface area contributed by atoms with Crippen LogP contribution in [0.25, 0.3) is 0 Å². The lowest BCUT2D eigenvalue weighted by Crippen LogP contribution is -2.48. The molecule has 0 aliphatic carbocycles. The SMILES string of the molecule is CCNC(=NCc1ccc(CN2CC(C)OC(C)C2)cc1)NCC(=O)NC(C)(C)C. The molecule has 0 saturated carbocycles. The van der Waals surface area contributed by atoms with Crippen LogP contribution in [0.5, 0.6) is 0 Å². The molecule has 7 heteroatoms. The van der Waals surface area contributed by atoms with E-state index in [1.807, 2.05) is 27.7 Å². The van der Waals surface area contributed by atoms with Crippen molar-refractivity contribution in [1.82, 2.24) is 20.9 Å². The lowest BCUT2D eigenvalue weighted by molar-refractivity contribution is -0.121. The molecule has 0 spiro atoms. The number of rotatable bonds is 7. The summed E-state index contributed by atoms with van der Waals surface area (Å²) < 4.78 is 5.81. The standard InChI is InChI=1S/C23H39N5O2/c1-7-24-22(26-13-21(29)27-23(4,5)6)25-12-19-8-10-20(11-9-19)16-28-14-17(2)30-18(3)15-28/h8-11,17-18H,7,12-16H2,1-6H3,(H,27,29)(H2,24,25,26). The Morgan fingerprint density at radius 3 is 2.27 bits per heavy atom. The van der Waals surface area contributed by atoms with E-state index >= 15 is 0 Å². The van der Waals surface area contributed by atoms with Gasteiger partial charge >= 0.3 is 0 Å². The summed E-state index contributed by atoms with van der Waals surface area (Å²) >= 11 is 0. The van der Waals surface area contributed by atoms with Gasteiger partial charge in [-0.1, -0.05) is 24.3 Å². The number of hydrogen-bond acceptors (Lipinski definition) is 4. The topological polar surface area (TPSA) is 78.0 Å². The quantitative estimate of drug-likeness (QED) is 0.469. The van der Waals surface area contributed by atoms with Gasteiger partial charge in [0.25, 0.3) is 0 Å². The van der Waals surface area contributed by atoms with Crippen LogP contribution >= 0.6 is 0 Å². The second-order valence-corrected chi connectivity index (χ2v) is 9.11. The first-order chi connectivity index (χ1) is 14.1. The number of aliphatic imine (C=N–C) groups is 1. The van der Waals surface area contributed by atoms with Crippen LogP contribution in [0.3, 0.4) is 0 Å². The third kappa shape index (κ3) is 9.13. The average Bonchev–Trinajstić information content (AvgIpc) is 2.63. The highest BCUT2D eigenvalue weighted by Crippen LogP contribution is 2.15. The van der Waals surface area contributed by atoms with Gasteiger partial charge in [-0.3, -0.25) is 9.69 Å². The number of hydrogen-bond donors (Lipinski definition) is 3.